The second-order valence-electron chi connectivity index (χ2n) is 5.32. The summed E-state index contributed by atoms with van der Waals surface area (Å²) in [5.74, 6) is 6.42. The van der Waals surface area contributed by atoms with E-state index in [-0.39, 0.29) is 6.04 Å². The third-order valence-corrected chi connectivity index (χ3v) is 3.49. The van der Waals surface area contributed by atoms with Gasteiger partial charge in [-0.1, -0.05) is 79.9 Å². The maximum Gasteiger partial charge on any atom is 0.121 e. The fourth-order valence-electron chi connectivity index (χ4n) is 2.26. The van der Waals surface area contributed by atoms with Crippen molar-refractivity contribution >= 4 is 0 Å². The first-order chi connectivity index (χ1) is 10.8. The average Bonchev–Trinajstić information content (AvgIpc) is 2.56. The number of hydroxylamine groups is 2. The van der Waals surface area contributed by atoms with Crippen molar-refractivity contribution in [2.45, 2.75) is 38.8 Å². The Hall–Kier alpha value is -2.08. The summed E-state index contributed by atoms with van der Waals surface area (Å²) in [5.41, 5.74) is 2.09. The predicted octanol–water partition coefficient (Wildman–Crippen LogP) is 4.81. The summed E-state index contributed by atoms with van der Waals surface area (Å²) in [6.07, 6.45) is 3.11. The van der Waals surface area contributed by atoms with Crippen molar-refractivity contribution in [1.29, 1.82) is 0 Å². The Morgan fingerprint density at radius 2 is 1.64 bits per heavy atom. The number of nitrogens with zero attached hydrogens (tertiary/aromatic N) is 1. The zero-order valence-corrected chi connectivity index (χ0v) is 13.1. The molecule has 0 spiro atoms. The fraction of sp³-hybridized carbons (Fsp3) is 0.300. The first-order valence-electron chi connectivity index (χ1n) is 7.84. The van der Waals surface area contributed by atoms with Gasteiger partial charge in [0.2, 0.25) is 0 Å². The monoisotopic (exact) mass is 293 g/mol. The van der Waals surface area contributed by atoms with E-state index in [2.05, 4.69) is 18.8 Å². The average molecular weight is 293 g/mol. The van der Waals surface area contributed by atoms with Crippen molar-refractivity contribution in [3.63, 3.8) is 0 Å². The van der Waals surface area contributed by atoms with Crippen LogP contribution in [0.15, 0.2) is 60.7 Å². The molecule has 2 aromatic carbocycles. The second kappa shape index (κ2) is 9.04. The molecule has 0 fully saturated rings. The van der Waals surface area contributed by atoms with Crippen molar-refractivity contribution < 1.29 is 5.21 Å². The van der Waals surface area contributed by atoms with Gasteiger partial charge >= 0.3 is 0 Å². The van der Waals surface area contributed by atoms with E-state index in [0.29, 0.717) is 6.54 Å². The molecule has 2 heteroatoms. The van der Waals surface area contributed by atoms with Crippen LogP contribution in [-0.4, -0.2) is 10.3 Å². The molecule has 0 amide bonds. The number of benzene rings is 2. The highest BCUT2D eigenvalue weighted by Crippen LogP contribution is 2.20. The Bertz CT molecular complexity index is 598. The smallest absolute Gasteiger partial charge is 0.121 e. The molecule has 0 saturated carbocycles. The number of hydrogen-bond donors (Lipinski definition) is 1. The molecule has 2 rings (SSSR count). The van der Waals surface area contributed by atoms with E-state index in [1.165, 1.54) is 5.06 Å². The van der Waals surface area contributed by atoms with Crippen LogP contribution in [0, 0.1) is 11.8 Å². The van der Waals surface area contributed by atoms with Gasteiger partial charge in [0, 0.05) is 6.42 Å². The minimum atomic E-state index is -0.293. The van der Waals surface area contributed by atoms with Crippen LogP contribution < -0.4 is 0 Å². The van der Waals surface area contributed by atoms with Crippen molar-refractivity contribution in [2.75, 3.05) is 0 Å². The molecule has 0 aliphatic heterocycles. The highest BCUT2D eigenvalue weighted by Gasteiger charge is 2.16. The van der Waals surface area contributed by atoms with Crippen LogP contribution in [0.25, 0.3) is 0 Å². The van der Waals surface area contributed by atoms with Crippen LogP contribution in [0.2, 0.25) is 0 Å². The predicted molar refractivity (Wildman–Crippen MR) is 90.3 cm³/mol. The van der Waals surface area contributed by atoms with Crippen LogP contribution in [0.4, 0.5) is 0 Å². The molecule has 0 bridgehead atoms. The summed E-state index contributed by atoms with van der Waals surface area (Å²) in [5, 5.41) is 11.8. The molecule has 0 aliphatic rings. The molecule has 0 saturated heterocycles. The maximum atomic E-state index is 10.5. The highest BCUT2D eigenvalue weighted by molar-refractivity contribution is 5.27. The van der Waals surface area contributed by atoms with Gasteiger partial charge in [-0.05, 0) is 17.5 Å². The maximum absolute atomic E-state index is 10.5. The molecule has 0 heterocycles. The molecule has 1 unspecified atom stereocenters. The quantitative estimate of drug-likeness (QED) is 0.469. The largest absolute Gasteiger partial charge is 0.312 e. The number of hydrogen-bond acceptors (Lipinski definition) is 2. The van der Waals surface area contributed by atoms with Crippen molar-refractivity contribution in [1.82, 2.24) is 5.06 Å². The lowest BCUT2D eigenvalue weighted by atomic mass is 10.1. The van der Waals surface area contributed by atoms with Gasteiger partial charge in [-0.25, -0.2) is 0 Å². The van der Waals surface area contributed by atoms with Crippen LogP contribution in [0.5, 0.6) is 0 Å². The van der Waals surface area contributed by atoms with Gasteiger partial charge in [0.05, 0.1) is 6.54 Å². The van der Waals surface area contributed by atoms with E-state index in [1.807, 2.05) is 60.7 Å². The van der Waals surface area contributed by atoms with Gasteiger partial charge in [0.25, 0.3) is 0 Å². The van der Waals surface area contributed by atoms with Crippen molar-refractivity contribution in [3.05, 3.63) is 71.8 Å². The second-order valence-corrected chi connectivity index (χ2v) is 5.32. The topological polar surface area (TPSA) is 23.5 Å². The molecular weight excluding hydrogens is 270 g/mol. The van der Waals surface area contributed by atoms with Crippen molar-refractivity contribution in [2.24, 2.45) is 0 Å². The van der Waals surface area contributed by atoms with E-state index >= 15 is 0 Å². The summed E-state index contributed by atoms with van der Waals surface area (Å²) >= 11 is 0. The molecule has 1 atom stereocenters. The molecule has 0 aromatic heterocycles. The third-order valence-electron chi connectivity index (χ3n) is 3.49. The Kier molecular flexibility index (Phi) is 6.70. The van der Waals surface area contributed by atoms with E-state index in [1.54, 1.807) is 0 Å². The standard InChI is InChI=1S/C20H23NO/c1-2-3-4-11-16-20(19-14-9-6-10-15-19)21(22)17-18-12-7-5-8-13-18/h5-10,12-15,20,22H,2-4,17H2,1H3. The summed E-state index contributed by atoms with van der Waals surface area (Å²) in [7, 11) is 0. The van der Waals surface area contributed by atoms with E-state index in [0.717, 1.165) is 30.4 Å². The fourth-order valence-corrected chi connectivity index (χ4v) is 2.26. The Morgan fingerprint density at radius 3 is 2.27 bits per heavy atom. The molecule has 1 N–H and O–H groups in total. The number of rotatable bonds is 6. The number of unbranched alkanes of at least 4 members (excludes halogenated alkanes) is 2. The molecule has 0 radical (unpaired) electrons. The van der Waals surface area contributed by atoms with Crippen LogP contribution in [0.3, 0.4) is 0 Å². The first-order valence-corrected chi connectivity index (χ1v) is 7.84. The van der Waals surface area contributed by atoms with E-state index in [4.69, 9.17) is 0 Å². The summed E-state index contributed by atoms with van der Waals surface area (Å²) in [6.45, 7) is 2.62. The Labute approximate surface area is 133 Å². The molecule has 0 aliphatic carbocycles. The van der Waals surface area contributed by atoms with Gasteiger partial charge in [-0.2, -0.15) is 5.06 Å². The zero-order chi connectivity index (χ0) is 15.6. The summed E-state index contributed by atoms with van der Waals surface area (Å²) < 4.78 is 0. The van der Waals surface area contributed by atoms with Gasteiger partial charge in [-0.15, -0.1) is 5.92 Å². The zero-order valence-electron chi connectivity index (χ0n) is 13.1. The summed E-state index contributed by atoms with van der Waals surface area (Å²) in [4.78, 5) is 0. The minimum absolute atomic E-state index is 0.293. The molecule has 2 aromatic rings. The summed E-state index contributed by atoms with van der Waals surface area (Å²) in [6, 6.07) is 19.6. The van der Waals surface area contributed by atoms with Gasteiger partial charge in [0.1, 0.15) is 6.04 Å². The first kappa shape index (κ1) is 16.3. The van der Waals surface area contributed by atoms with Crippen LogP contribution in [0.1, 0.15) is 43.4 Å². The van der Waals surface area contributed by atoms with Gasteiger partial charge in [0.15, 0.2) is 0 Å². The molecular formula is C20H23NO. The van der Waals surface area contributed by atoms with Crippen LogP contribution in [-0.2, 0) is 6.54 Å². The van der Waals surface area contributed by atoms with Crippen LogP contribution >= 0.6 is 0 Å². The molecule has 114 valence electrons. The van der Waals surface area contributed by atoms with E-state index in [9.17, 15) is 5.21 Å². The SMILES string of the molecule is CCCCC#CC(c1ccccc1)N(O)Cc1ccccc1. The Balaban J connectivity index is 2.14. The van der Waals surface area contributed by atoms with Gasteiger partial charge < -0.3 is 5.21 Å². The Morgan fingerprint density at radius 1 is 1.00 bits per heavy atom. The normalized spacial score (nSPS) is 11.8. The highest BCUT2D eigenvalue weighted by atomic mass is 16.5. The lowest BCUT2D eigenvalue weighted by molar-refractivity contribution is -0.121. The van der Waals surface area contributed by atoms with Gasteiger partial charge in [-0.3, -0.25) is 0 Å². The van der Waals surface area contributed by atoms with E-state index < -0.39 is 0 Å². The molecule has 22 heavy (non-hydrogen) atoms. The minimum Gasteiger partial charge on any atom is -0.312 e. The lowest BCUT2D eigenvalue weighted by Gasteiger charge is -2.22. The lowest BCUT2D eigenvalue weighted by Crippen LogP contribution is -2.23. The molecule has 2 nitrogen and oxygen atoms in total. The third kappa shape index (κ3) is 5.04. The van der Waals surface area contributed by atoms with Crippen molar-refractivity contribution in [3.8, 4) is 11.8 Å².